The Morgan fingerprint density at radius 3 is 2.83 bits per heavy atom. The van der Waals surface area contributed by atoms with Crippen molar-refractivity contribution in [2.45, 2.75) is 26.1 Å². The fourth-order valence-electron chi connectivity index (χ4n) is 2.69. The third kappa shape index (κ3) is 3.59. The maximum atomic E-state index is 12.1. The van der Waals surface area contributed by atoms with E-state index in [0.29, 0.717) is 42.9 Å². The molecule has 1 saturated heterocycles. The summed E-state index contributed by atoms with van der Waals surface area (Å²) >= 11 is 0. The Labute approximate surface area is 132 Å². The van der Waals surface area contributed by atoms with Crippen LogP contribution in [-0.2, 0) is 32.2 Å². The van der Waals surface area contributed by atoms with E-state index in [1.54, 1.807) is 0 Å². The second kappa shape index (κ2) is 6.93. The molecule has 124 valence electrons. The molecule has 8 heteroatoms. The highest BCUT2D eigenvalue weighted by Crippen LogP contribution is 2.33. The molecule has 0 saturated carbocycles. The number of esters is 1. The number of rotatable bonds is 4. The number of non-ortho nitro benzene ring substituents is 1. The fraction of sp³-hybridized carbons (Fsp3) is 0.533. The summed E-state index contributed by atoms with van der Waals surface area (Å²) in [6, 6.07) is 2.79. The molecule has 3 rings (SSSR count). The van der Waals surface area contributed by atoms with Gasteiger partial charge in [0.2, 0.25) is 0 Å². The Kier molecular flexibility index (Phi) is 4.73. The van der Waals surface area contributed by atoms with Gasteiger partial charge in [0.25, 0.3) is 5.69 Å². The van der Waals surface area contributed by atoms with E-state index in [-0.39, 0.29) is 37.6 Å². The SMILES string of the molecule is O=C(OCc1cc([N+](=O)[O-])cc2c1OCOC2)C1CCOCC1. The van der Waals surface area contributed by atoms with E-state index in [9.17, 15) is 14.9 Å². The number of carbonyl (C=O) groups is 1. The standard InChI is InChI=1S/C15H17NO7/c17-15(10-1-3-20-4-2-10)22-8-12-6-13(16(18)19)5-11-7-21-9-23-14(11)12/h5-6,10H,1-4,7-9H2. The van der Waals surface area contributed by atoms with Gasteiger partial charge in [0.05, 0.1) is 17.4 Å². The van der Waals surface area contributed by atoms with E-state index in [0.717, 1.165) is 0 Å². The first-order chi connectivity index (χ1) is 11.1. The van der Waals surface area contributed by atoms with E-state index >= 15 is 0 Å². The Bertz CT molecular complexity index is 610. The van der Waals surface area contributed by atoms with Gasteiger partial charge in [-0.15, -0.1) is 0 Å². The molecule has 0 bridgehead atoms. The predicted octanol–water partition coefficient (Wildman–Crippen LogP) is 1.93. The van der Waals surface area contributed by atoms with Crippen LogP contribution in [0.4, 0.5) is 5.69 Å². The number of nitro groups is 1. The van der Waals surface area contributed by atoms with Gasteiger partial charge in [-0.2, -0.15) is 0 Å². The molecular weight excluding hydrogens is 306 g/mol. The van der Waals surface area contributed by atoms with Gasteiger partial charge < -0.3 is 18.9 Å². The van der Waals surface area contributed by atoms with Crippen LogP contribution >= 0.6 is 0 Å². The van der Waals surface area contributed by atoms with Crippen LogP contribution in [0.5, 0.6) is 5.75 Å². The minimum Gasteiger partial charge on any atom is -0.467 e. The summed E-state index contributed by atoms with van der Waals surface area (Å²) in [5.74, 6) is 0.0183. The highest BCUT2D eigenvalue weighted by Gasteiger charge is 2.25. The van der Waals surface area contributed by atoms with Crippen molar-refractivity contribution >= 4 is 11.7 Å². The smallest absolute Gasteiger partial charge is 0.309 e. The van der Waals surface area contributed by atoms with Crippen LogP contribution in [0, 0.1) is 16.0 Å². The van der Waals surface area contributed by atoms with Crippen molar-refractivity contribution in [3.05, 3.63) is 33.4 Å². The molecule has 1 aromatic rings. The Hall–Kier alpha value is -2.19. The van der Waals surface area contributed by atoms with Crippen LogP contribution < -0.4 is 4.74 Å². The highest BCUT2D eigenvalue weighted by atomic mass is 16.7. The molecule has 0 unspecified atom stereocenters. The lowest BCUT2D eigenvalue weighted by Gasteiger charge is -2.22. The van der Waals surface area contributed by atoms with E-state index in [1.807, 2.05) is 0 Å². The number of ether oxygens (including phenoxy) is 4. The van der Waals surface area contributed by atoms with Crippen molar-refractivity contribution in [1.29, 1.82) is 0 Å². The second-order valence-corrected chi connectivity index (χ2v) is 5.46. The molecule has 0 atom stereocenters. The summed E-state index contributed by atoms with van der Waals surface area (Å²) in [7, 11) is 0. The van der Waals surface area contributed by atoms with Gasteiger partial charge in [-0.05, 0) is 12.8 Å². The number of benzene rings is 1. The van der Waals surface area contributed by atoms with E-state index in [2.05, 4.69) is 0 Å². The largest absolute Gasteiger partial charge is 0.467 e. The average molecular weight is 323 g/mol. The molecular formula is C15H17NO7. The third-order valence-electron chi connectivity index (χ3n) is 3.91. The minimum absolute atomic E-state index is 0.0554. The Morgan fingerprint density at radius 1 is 1.30 bits per heavy atom. The van der Waals surface area contributed by atoms with Crippen LogP contribution in [0.25, 0.3) is 0 Å². The van der Waals surface area contributed by atoms with Crippen molar-refractivity contribution in [2.24, 2.45) is 5.92 Å². The van der Waals surface area contributed by atoms with Gasteiger partial charge in [-0.1, -0.05) is 0 Å². The number of nitrogens with zero attached hydrogens (tertiary/aromatic N) is 1. The molecule has 0 amide bonds. The maximum absolute atomic E-state index is 12.1. The van der Waals surface area contributed by atoms with Crippen LogP contribution in [0.2, 0.25) is 0 Å². The van der Waals surface area contributed by atoms with Gasteiger partial charge in [-0.25, -0.2) is 0 Å². The number of carbonyl (C=O) groups excluding carboxylic acids is 1. The summed E-state index contributed by atoms with van der Waals surface area (Å²) in [6.07, 6.45) is 1.27. The summed E-state index contributed by atoms with van der Waals surface area (Å²) in [6.45, 7) is 1.35. The molecule has 0 aliphatic carbocycles. The Balaban J connectivity index is 1.74. The molecule has 0 radical (unpaired) electrons. The van der Waals surface area contributed by atoms with Crippen LogP contribution in [-0.4, -0.2) is 30.9 Å². The highest BCUT2D eigenvalue weighted by molar-refractivity contribution is 5.72. The van der Waals surface area contributed by atoms with Crippen molar-refractivity contribution in [3.8, 4) is 5.75 Å². The molecule has 1 fully saturated rings. The predicted molar refractivity (Wildman–Crippen MR) is 76.7 cm³/mol. The molecule has 2 aliphatic rings. The second-order valence-electron chi connectivity index (χ2n) is 5.46. The number of fused-ring (bicyclic) bond motifs is 1. The van der Waals surface area contributed by atoms with Crippen LogP contribution in [0.1, 0.15) is 24.0 Å². The lowest BCUT2D eigenvalue weighted by Crippen LogP contribution is -2.25. The molecule has 0 spiro atoms. The molecule has 1 aromatic carbocycles. The molecule has 0 N–H and O–H groups in total. The third-order valence-corrected chi connectivity index (χ3v) is 3.91. The lowest BCUT2D eigenvalue weighted by molar-refractivity contribution is -0.385. The van der Waals surface area contributed by atoms with Gasteiger partial charge in [0.1, 0.15) is 12.4 Å². The van der Waals surface area contributed by atoms with Crippen LogP contribution in [0.3, 0.4) is 0 Å². The summed E-state index contributed by atoms with van der Waals surface area (Å²) in [4.78, 5) is 22.6. The number of hydrogen-bond donors (Lipinski definition) is 0. The van der Waals surface area contributed by atoms with Gasteiger partial charge in [0, 0.05) is 36.5 Å². The van der Waals surface area contributed by atoms with Crippen molar-refractivity contribution in [1.82, 2.24) is 0 Å². The van der Waals surface area contributed by atoms with Crippen LogP contribution in [0.15, 0.2) is 12.1 Å². The summed E-state index contributed by atoms with van der Waals surface area (Å²) < 4.78 is 21.1. The lowest BCUT2D eigenvalue weighted by atomic mass is 10.0. The molecule has 8 nitrogen and oxygen atoms in total. The monoisotopic (exact) mass is 323 g/mol. The first kappa shape index (κ1) is 15.7. The van der Waals surface area contributed by atoms with E-state index < -0.39 is 4.92 Å². The first-order valence-corrected chi connectivity index (χ1v) is 7.40. The van der Waals surface area contributed by atoms with E-state index in [1.165, 1.54) is 12.1 Å². The molecule has 0 aromatic heterocycles. The number of hydrogen-bond acceptors (Lipinski definition) is 7. The molecule has 2 heterocycles. The summed E-state index contributed by atoms with van der Waals surface area (Å²) in [5.41, 5.74) is 0.996. The molecule has 23 heavy (non-hydrogen) atoms. The minimum atomic E-state index is -0.487. The van der Waals surface area contributed by atoms with Crippen molar-refractivity contribution in [2.75, 3.05) is 20.0 Å². The van der Waals surface area contributed by atoms with Gasteiger partial charge >= 0.3 is 5.97 Å². The van der Waals surface area contributed by atoms with E-state index in [4.69, 9.17) is 18.9 Å². The fourth-order valence-corrected chi connectivity index (χ4v) is 2.69. The number of nitro benzene ring substituents is 1. The first-order valence-electron chi connectivity index (χ1n) is 7.40. The molecule has 2 aliphatic heterocycles. The van der Waals surface area contributed by atoms with Gasteiger partial charge in [-0.3, -0.25) is 14.9 Å². The quantitative estimate of drug-likeness (QED) is 0.474. The maximum Gasteiger partial charge on any atom is 0.309 e. The average Bonchev–Trinajstić information content (AvgIpc) is 2.59. The zero-order valence-corrected chi connectivity index (χ0v) is 12.5. The normalized spacial score (nSPS) is 17.9. The van der Waals surface area contributed by atoms with Crippen molar-refractivity contribution < 1.29 is 28.7 Å². The zero-order chi connectivity index (χ0) is 16.2. The topological polar surface area (TPSA) is 97.1 Å². The van der Waals surface area contributed by atoms with Gasteiger partial charge in [0.15, 0.2) is 6.79 Å². The summed E-state index contributed by atoms with van der Waals surface area (Å²) in [5, 5.41) is 11.0. The Morgan fingerprint density at radius 2 is 2.09 bits per heavy atom. The zero-order valence-electron chi connectivity index (χ0n) is 12.5. The van der Waals surface area contributed by atoms with Crippen molar-refractivity contribution in [3.63, 3.8) is 0 Å².